The maximum atomic E-state index is 13.3. The summed E-state index contributed by atoms with van der Waals surface area (Å²) in [5.41, 5.74) is 8.77. The third kappa shape index (κ3) is 9.61. The SMILES string of the molecule is CC(=O)c1cc(Cc2nc(C(=O)C(CCCCN)NC(=O)OCc3ccccc3)no2)ccc1OCCc1ccccc1. The molecule has 0 aliphatic carbocycles. The largest absolute Gasteiger partial charge is 0.492 e. The van der Waals surface area contributed by atoms with Crippen molar-refractivity contribution in [3.05, 3.63) is 113 Å². The molecule has 10 nitrogen and oxygen atoms in total. The van der Waals surface area contributed by atoms with Gasteiger partial charge in [0.2, 0.25) is 17.5 Å². The number of ketones is 2. The summed E-state index contributed by atoms with van der Waals surface area (Å²) in [4.78, 5) is 42.4. The van der Waals surface area contributed by atoms with Crippen molar-refractivity contribution >= 4 is 17.7 Å². The van der Waals surface area contributed by atoms with Gasteiger partial charge in [0.1, 0.15) is 12.4 Å². The number of hydrogen-bond acceptors (Lipinski definition) is 9. The van der Waals surface area contributed by atoms with Crippen LogP contribution in [0.5, 0.6) is 5.75 Å². The van der Waals surface area contributed by atoms with Crippen LogP contribution in [0.25, 0.3) is 0 Å². The van der Waals surface area contributed by atoms with Gasteiger partial charge in [-0.1, -0.05) is 71.9 Å². The summed E-state index contributed by atoms with van der Waals surface area (Å²) in [6, 6.07) is 23.6. The maximum Gasteiger partial charge on any atom is 0.408 e. The first-order chi connectivity index (χ1) is 20.9. The Kier molecular flexibility index (Phi) is 11.6. The molecule has 0 fully saturated rings. The molecule has 0 saturated carbocycles. The summed E-state index contributed by atoms with van der Waals surface area (Å²) < 4.78 is 16.6. The summed E-state index contributed by atoms with van der Waals surface area (Å²) in [5.74, 6) is -0.0791. The number of nitrogens with two attached hydrogens (primary N) is 1. The van der Waals surface area contributed by atoms with Crippen molar-refractivity contribution in [1.29, 1.82) is 0 Å². The van der Waals surface area contributed by atoms with E-state index >= 15 is 0 Å². The van der Waals surface area contributed by atoms with Crippen molar-refractivity contribution in [2.75, 3.05) is 13.2 Å². The normalized spacial score (nSPS) is 11.5. The Balaban J connectivity index is 1.38. The van der Waals surface area contributed by atoms with E-state index in [1.807, 2.05) is 66.7 Å². The van der Waals surface area contributed by atoms with Crippen LogP contribution in [0.15, 0.2) is 83.4 Å². The molecule has 43 heavy (non-hydrogen) atoms. The van der Waals surface area contributed by atoms with E-state index in [4.69, 9.17) is 19.7 Å². The summed E-state index contributed by atoms with van der Waals surface area (Å²) in [7, 11) is 0. The van der Waals surface area contributed by atoms with Crippen LogP contribution in [-0.2, 0) is 24.2 Å². The van der Waals surface area contributed by atoms with Crippen molar-refractivity contribution in [2.45, 2.75) is 51.7 Å². The van der Waals surface area contributed by atoms with Crippen molar-refractivity contribution in [3.8, 4) is 5.75 Å². The Morgan fingerprint density at radius 1 is 0.930 bits per heavy atom. The van der Waals surface area contributed by atoms with Crippen LogP contribution in [0.2, 0.25) is 0 Å². The molecule has 4 aromatic rings. The van der Waals surface area contributed by atoms with Crippen LogP contribution in [0.3, 0.4) is 0 Å². The number of carbonyl (C=O) groups excluding carboxylic acids is 3. The molecule has 1 heterocycles. The van der Waals surface area contributed by atoms with Crippen LogP contribution in [0.1, 0.15) is 69.7 Å². The number of amides is 1. The second kappa shape index (κ2) is 16.0. The van der Waals surface area contributed by atoms with E-state index in [0.29, 0.717) is 50.1 Å². The van der Waals surface area contributed by atoms with E-state index in [-0.39, 0.29) is 30.5 Å². The van der Waals surface area contributed by atoms with Gasteiger partial charge in [-0.2, -0.15) is 4.98 Å². The number of aromatic nitrogens is 2. The first-order valence-corrected chi connectivity index (χ1v) is 14.3. The van der Waals surface area contributed by atoms with Crippen LogP contribution in [-0.4, -0.2) is 47.0 Å². The van der Waals surface area contributed by atoms with E-state index in [2.05, 4.69) is 15.5 Å². The van der Waals surface area contributed by atoms with Gasteiger partial charge >= 0.3 is 6.09 Å². The molecule has 0 aliphatic rings. The molecule has 0 bridgehead atoms. The zero-order chi connectivity index (χ0) is 30.4. The first-order valence-electron chi connectivity index (χ1n) is 14.3. The van der Waals surface area contributed by atoms with Crippen molar-refractivity contribution in [2.24, 2.45) is 5.73 Å². The lowest BCUT2D eigenvalue weighted by molar-refractivity contribution is 0.0896. The number of ether oxygens (including phenoxy) is 2. The van der Waals surface area contributed by atoms with Crippen molar-refractivity contribution < 1.29 is 28.4 Å². The van der Waals surface area contributed by atoms with Gasteiger partial charge < -0.3 is 25.0 Å². The number of alkyl carbamates (subject to hydrolysis) is 1. The molecule has 224 valence electrons. The monoisotopic (exact) mass is 584 g/mol. The zero-order valence-corrected chi connectivity index (χ0v) is 24.2. The van der Waals surface area contributed by atoms with Crippen molar-refractivity contribution in [3.63, 3.8) is 0 Å². The summed E-state index contributed by atoms with van der Waals surface area (Å²) >= 11 is 0. The molecule has 0 radical (unpaired) electrons. The van der Waals surface area contributed by atoms with Gasteiger partial charge in [0.15, 0.2) is 5.78 Å². The number of nitrogens with zero attached hydrogens (tertiary/aromatic N) is 2. The molecule has 1 unspecified atom stereocenters. The van der Waals surface area contributed by atoms with Gasteiger partial charge in [0.05, 0.1) is 24.6 Å². The number of rotatable bonds is 16. The quantitative estimate of drug-likeness (QED) is 0.136. The van der Waals surface area contributed by atoms with Crippen LogP contribution in [0.4, 0.5) is 4.79 Å². The number of hydrogen-bond donors (Lipinski definition) is 2. The minimum Gasteiger partial charge on any atom is -0.492 e. The van der Waals surface area contributed by atoms with Gasteiger partial charge in [-0.05, 0) is 61.6 Å². The second-order valence-electron chi connectivity index (χ2n) is 10.1. The lowest BCUT2D eigenvalue weighted by Gasteiger charge is -2.16. The Bertz CT molecular complexity index is 1490. The second-order valence-corrected chi connectivity index (χ2v) is 10.1. The Labute approximate surface area is 250 Å². The minimum atomic E-state index is -0.906. The van der Waals surface area contributed by atoms with Crippen LogP contribution < -0.4 is 15.8 Å². The summed E-state index contributed by atoms with van der Waals surface area (Å²) in [6.07, 6.45) is 1.84. The fourth-order valence-electron chi connectivity index (χ4n) is 4.44. The molecule has 4 rings (SSSR count). The van der Waals surface area contributed by atoms with Gasteiger partial charge in [0.25, 0.3) is 0 Å². The van der Waals surface area contributed by atoms with Crippen LogP contribution >= 0.6 is 0 Å². The molecule has 0 saturated heterocycles. The van der Waals surface area contributed by atoms with E-state index in [1.54, 1.807) is 12.1 Å². The topological polar surface area (TPSA) is 147 Å². The van der Waals surface area contributed by atoms with E-state index in [1.165, 1.54) is 6.92 Å². The maximum absolute atomic E-state index is 13.3. The molecular weight excluding hydrogens is 548 g/mol. The molecule has 3 aromatic carbocycles. The highest BCUT2D eigenvalue weighted by molar-refractivity contribution is 5.98. The fraction of sp³-hybridized carbons (Fsp3) is 0.303. The minimum absolute atomic E-state index is 0.0713. The molecule has 1 amide bonds. The molecule has 3 N–H and O–H groups in total. The number of unbranched alkanes of at least 4 members (excludes halogenated alkanes) is 1. The van der Waals surface area contributed by atoms with Gasteiger partial charge in [-0.3, -0.25) is 9.59 Å². The number of nitrogens with one attached hydrogen (secondary N) is 1. The molecule has 1 atom stereocenters. The highest BCUT2D eigenvalue weighted by Gasteiger charge is 2.27. The number of carbonyl (C=O) groups is 3. The van der Waals surface area contributed by atoms with E-state index in [0.717, 1.165) is 16.7 Å². The Morgan fingerprint density at radius 2 is 1.65 bits per heavy atom. The Morgan fingerprint density at radius 3 is 2.35 bits per heavy atom. The third-order valence-corrected chi connectivity index (χ3v) is 6.73. The highest BCUT2D eigenvalue weighted by Crippen LogP contribution is 2.23. The Hall–Kier alpha value is -4.83. The molecule has 1 aromatic heterocycles. The van der Waals surface area contributed by atoms with Crippen molar-refractivity contribution in [1.82, 2.24) is 15.5 Å². The lowest BCUT2D eigenvalue weighted by Crippen LogP contribution is -2.41. The first kappa shape index (κ1) is 31.1. The van der Waals surface area contributed by atoms with Gasteiger partial charge in [-0.15, -0.1) is 0 Å². The highest BCUT2D eigenvalue weighted by atomic mass is 16.5. The number of Topliss-reactive ketones (excluding diaryl/α,β-unsaturated/α-hetero) is 2. The summed E-state index contributed by atoms with van der Waals surface area (Å²) in [5, 5.41) is 6.49. The van der Waals surface area contributed by atoms with Gasteiger partial charge in [-0.25, -0.2) is 4.79 Å². The smallest absolute Gasteiger partial charge is 0.408 e. The number of benzene rings is 3. The molecular formula is C33H36N4O6. The van der Waals surface area contributed by atoms with Gasteiger partial charge in [0, 0.05) is 6.42 Å². The average molecular weight is 585 g/mol. The lowest BCUT2D eigenvalue weighted by atomic mass is 10.0. The zero-order valence-electron chi connectivity index (χ0n) is 24.2. The predicted octanol–water partition coefficient (Wildman–Crippen LogP) is 5.09. The molecule has 0 spiro atoms. The third-order valence-electron chi connectivity index (χ3n) is 6.73. The molecule has 0 aliphatic heterocycles. The predicted molar refractivity (Wildman–Crippen MR) is 160 cm³/mol. The molecule has 10 heteroatoms. The van der Waals surface area contributed by atoms with E-state index < -0.39 is 17.9 Å². The van der Waals surface area contributed by atoms with E-state index in [9.17, 15) is 14.4 Å². The summed E-state index contributed by atoms with van der Waals surface area (Å²) in [6.45, 7) is 2.45. The average Bonchev–Trinajstić information content (AvgIpc) is 3.49. The fourth-order valence-corrected chi connectivity index (χ4v) is 4.44. The van der Waals surface area contributed by atoms with Crippen LogP contribution in [0, 0.1) is 0 Å². The standard InChI is InChI=1S/C33H36N4O6/c1-23(38)27-20-26(15-16-29(27)41-19-17-24-10-4-2-5-11-24)21-30-36-32(37-43-30)31(39)28(14-8-9-18-34)35-33(40)42-22-25-12-6-3-7-13-25/h2-7,10-13,15-16,20,28H,8-9,14,17-19,21-22,34H2,1H3,(H,35,40).